The van der Waals surface area contributed by atoms with Crippen LogP contribution < -0.4 is 0 Å². The Labute approximate surface area is 159 Å². The molecule has 0 saturated carbocycles. The van der Waals surface area contributed by atoms with Gasteiger partial charge in [-0.1, -0.05) is 48.6 Å². The largest absolute Gasteiger partial charge is 0.296 e. The summed E-state index contributed by atoms with van der Waals surface area (Å²) >= 11 is 0. The lowest BCUT2D eigenvalue weighted by atomic mass is 10.00. The molecule has 0 spiro atoms. The lowest BCUT2D eigenvalue weighted by Gasteiger charge is -2.25. The molecule has 1 aromatic carbocycles. The highest BCUT2D eigenvalue weighted by Crippen LogP contribution is 2.22. The van der Waals surface area contributed by atoms with Crippen molar-refractivity contribution in [2.24, 2.45) is 0 Å². The minimum atomic E-state index is 0.601. The molecule has 4 rings (SSSR count). The van der Waals surface area contributed by atoms with E-state index in [0.717, 1.165) is 37.3 Å². The molecule has 2 aromatic heterocycles. The highest BCUT2D eigenvalue weighted by Gasteiger charge is 2.12. The van der Waals surface area contributed by atoms with Crippen LogP contribution in [0.2, 0.25) is 0 Å². The van der Waals surface area contributed by atoms with E-state index < -0.39 is 0 Å². The summed E-state index contributed by atoms with van der Waals surface area (Å²) in [4.78, 5) is 11.0. The maximum Gasteiger partial charge on any atom is 0.250 e. The second kappa shape index (κ2) is 8.10. The van der Waals surface area contributed by atoms with Gasteiger partial charge in [-0.15, -0.1) is 0 Å². The van der Waals surface area contributed by atoms with Crippen LogP contribution in [0.25, 0.3) is 17.6 Å². The van der Waals surface area contributed by atoms with Crippen molar-refractivity contribution in [2.75, 3.05) is 19.6 Å². The van der Waals surface area contributed by atoms with Gasteiger partial charge in [-0.3, -0.25) is 4.90 Å². The van der Waals surface area contributed by atoms with Gasteiger partial charge in [-0.25, -0.2) is 14.6 Å². The first-order valence-corrected chi connectivity index (χ1v) is 9.26. The van der Waals surface area contributed by atoms with Gasteiger partial charge < -0.3 is 0 Å². The molecule has 3 heterocycles. The maximum atomic E-state index is 4.41. The SMILES string of the molecule is Cc1c(C=CCN2CC=C(c3ccccc3)CC2)cnn1-c1ncccn1. The number of benzene rings is 1. The fourth-order valence-electron chi connectivity index (χ4n) is 3.31. The topological polar surface area (TPSA) is 46.8 Å². The smallest absolute Gasteiger partial charge is 0.250 e. The van der Waals surface area contributed by atoms with Crippen LogP contribution in [0, 0.1) is 6.92 Å². The number of rotatable bonds is 5. The van der Waals surface area contributed by atoms with Gasteiger partial charge in [0.15, 0.2) is 0 Å². The summed E-state index contributed by atoms with van der Waals surface area (Å²) in [6.45, 7) is 5.05. The Bertz CT molecular complexity index is 941. The quantitative estimate of drug-likeness (QED) is 0.697. The summed E-state index contributed by atoms with van der Waals surface area (Å²) < 4.78 is 1.77. The molecule has 0 bridgehead atoms. The fourth-order valence-corrected chi connectivity index (χ4v) is 3.31. The number of hydrogen-bond donors (Lipinski definition) is 0. The Kier molecular flexibility index (Phi) is 5.21. The van der Waals surface area contributed by atoms with Gasteiger partial charge in [-0.05, 0) is 30.5 Å². The van der Waals surface area contributed by atoms with Crippen LogP contribution in [-0.2, 0) is 0 Å². The lowest BCUT2D eigenvalue weighted by molar-refractivity contribution is 0.335. The van der Waals surface area contributed by atoms with E-state index in [-0.39, 0.29) is 0 Å². The van der Waals surface area contributed by atoms with Crippen molar-refractivity contribution in [1.82, 2.24) is 24.6 Å². The van der Waals surface area contributed by atoms with Crippen LogP contribution in [-0.4, -0.2) is 44.3 Å². The van der Waals surface area contributed by atoms with E-state index in [2.05, 4.69) is 68.5 Å². The van der Waals surface area contributed by atoms with Crippen molar-refractivity contribution in [1.29, 1.82) is 0 Å². The highest BCUT2D eigenvalue weighted by molar-refractivity contribution is 5.66. The van der Waals surface area contributed by atoms with Crippen molar-refractivity contribution in [3.63, 3.8) is 0 Å². The Balaban J connectivity index is 1.37. The van der Waals surface area contributed by atoms with Crippen LogP contribution in [0.5, 0.6) is 0 Å². The van der Waals surface area contributed by atoms with E-state index in [9.17, 15) is 0 Å². The van der Waals surface area contributed by atoms with Crippen LogP contribution in [0.4, 0.5) is 0 Å². The second-order valence-electron chi connectivity index (χ2n) is 6.65. The molecule has 0 fully saturated rings. The molecule has 27 heavy (non-hydrogen) atoms. The summed E-state index contributed by atoms with van der Waals surface area (Å²) in [5.74, 6) is 0.601. The average molecular weight is 357 g/mol. The van der Waals surface area contributed by atoms with Gasteiger partial charge >= 0.3 is 0 Å². The first kappa shape index (κ1) is 17.4. The van der Waals surface area contributed by atoms with Gasteiger partial charge in [0.2, 0.25) is 0 Å². The summed E-state index contributed by atoms with van der Waals surface area (Å²) in [7, 11) is 0. The Morgan fingerprint density at radius 2 is 1.89 bits per heavy atom. The standard InChI is InChI=1S/C22H23N5/c1-18-21(17-25-27(18)22-23-12-6-13-24-22)9-5-14-26-15-10-20(11-16-26)19-7-3-2-4-8-19/h2-10,12-13,17H,11,14-16H2,1H3. The van der Waals surface area contributed by atoms with E-state index in [1.165, 1.54) is 11.1 Å². The average Bonchev–Trinajstić information content (AvgIpc) is 3.10. The molecule has 0 radical (unpaired) electrons. The van der Waals surface area contributed by atoms with Crippen molar-refractivity contribution < 1.29 is 0 Å². The van der Waals surface area contributed by atoms with Gasteiger partial charge in [0.1, 0.15) is 0 Å². The van der Waals surface area contributed by atoms with Gasteiger partial charge in [-0.2, -0.15) is 5.10 Å². The molecular formula is C22H23N5. The van der Waals surface area contributed by atoms with E-state index in [4.69, 9.17) is 0 Å². The van der Waals surface area contributed by atoms with Crippen LogP contribution in [0.1, 0.15) is 23.2 Å². The molecule has 0 N–H and O–H groups in total. The fraction of sp³-hybridized carbons (Fsp3) is 0.227. The third-order valence-electron chi connectivity index (χ3n) is 4.89. The molecule has 0 amide bonds. The second-order valence-corrected chi connectivity index (χ2v) is 6.65. The summed E-state index contributed by atoms with van der Waals surface area (Å²) in [5, 5.41) is 4.41. The molecule has 0 atom stereocenters. The van der Waals surface area contributed by atoms with Gasteiger partial charge in [0.25, 0.3) is 5.95 Å². The first-order valence-electron chi connectivity index (χ1n) is 9.26. The Morgan fingerprint density at radius 3 is 2.63 bits per heavy atom. The van der Waals surface area contributed by atoms with Crippen molar-refractivity contribution in [2.45, 2.75) is 13.3 Å². The molecule has 1 aliphatic rings. The zero-order valence-electron chi connectivity index (χ0n) is 15.5. The molecule has 136 valence electrons. The van der Waals surface area contributed by atoms with Gasteiger partial charge in [0.05, 0.1) is 11.9 Å². The minimum absolute atomic E-state index is 0.601. The van der Waals surface area contributed by atoms with Crippen molar-refractivity contribution in [3.05, 3.63) is 84.0 Å². The minimum Gasteiger partial charge on any atom is -0.296 e. The third kappa shape index (κ3) is 4.04. The molecule has 0 unspecified atom stereocenters. The molecule has 5 heteroatoms. The molecule has 3 aromatic rings. The van der Waals surface area contributed by atoms with Crippen molar-refractivity contribution >= 4 is 11.6 Å². The molecule has 0 aliphatic carbocycles. The number of aromatic nitrogens is 4. The number of hydrogen-bond acceptors (Lipinski definition) is 4. The van der Waals surface area contributed by atoms with E-state index >= 15 is 0 Å². The Morgan fingerprint density at radius 1 is 1.07 bits per heavy atom. The maximum absolute atomic E-state index is 4.41. The molecule has 1 aliphatic heterocycles. The monoisotopic (exact) mass is 357 g/mol. The predicted octanol–water partition coefficient (Wildman–Crippen LogP) is 3.77. The molecule has 0 saturated heterocycles. The predicted molar refractivity (Wildman–Crippen MR) is 108 cm³/mol. The van der Waals surface area contributed by atoms with Crippen LogP contribution in [0.15, 0.2) is 67.1 Å². The van der Waals surface area contributed by atoms with Crippen molar-refractivity contribution in [3.8, 4) is 5.95 Å². The number of nitrogens with zero attached hydrogens (tertiary/aromatic N) is 5. The van der Waals surface area contributed by atoms with E-state index in [0.29, 0.717) is 5.95 Å². The molecule has 5 nitrogen and oxygen atoms in total. The normalized spacial score (nSPS) is 15.2. The Hall–Kier alpha value is -3.05. The zero-order valence-corrected chi connectivity index (χ0v) is 15.5. The van der Waals surface area contributed by atoms with E-state index in [1.54, 1.807) is 23.1 Å². The van der Waals surface area contributed by atoms with Crippen LogP contribution in [0.3, 0.4) is 0 Å². The summed E-state index contributed by atoms with van der Waals surface area (Å²) in [6.07, 6.45) is 13.1. The van der Waals surface area contributed by atoms with Crippen LogP contribution >= 0.6 is 0 Å². The van der Waals surface area contributed by atoms with Gasteiger partial charge in [0, 0.05) is 37.6 Å². The van der Waals surface area contributed by atoms with E-state index in [1.807, 2.05) is 13.1 Å². The third-order valence-corrected chi connectivity index (χ3v) is 4.89. The molecular weight excluding hydrogens is 334 g/mol. The summed E-state index contributed by atoms with van der Waals surface area (Å²) in [6, 6.07) is 12.5. The highest BCUT2D eigenvalue weighted by atomic mass is 15.3. The zero-order chi connectivity index (χ0) is 18.5. The lowest BCUT2D eigenvalue weighted by Crippen LogP contribution is -2.28. The first-order chi connectivity index (χ1) is 13.3. The summed E-state index contributed by atoms with van der Waals surface area (Å²) in [5.41, 5.74) is 4.94.